The van der Waals surface area contributed by atoms with Crippen LogP contribution in [-0.4, -0.2) is 28.3 Å². The van der Waals surface area contributed by atoms with Crippen molar-refractivity contribution in [1.82, 2.24) is 9.55 Å². The monoisotopic (exact) mass is 456 g/mol. The summed E-state index contributed by atoms with van der Waals surface area (Å²) < 4.78 is 6.79. The summed E-state index contributed by atoms with van der Waals surface area (Å²) >= 11 is 1.16. The summed E-state index contributed by atoms with van der Waals surface area (Å²) in [6.07, 6.45) is 0. The topological polar surface area (TPSA) is 97.0 Å². The lowest BCUT2D eigenvalue weighted by Crippen LogP contribution is -2.23. The number of aromatic nitrogens is 2. The van der Waals surface area contributed by atoms with Gasteiger partial charge < -0.3 is 10.1 Å². The van der Waals surface area contributed by atoms with E-state index >= 15 is 0 Å². The number of rotatable bonds is 6. The Balaban J connectivity index is 1.67. The molecule has 0 fully saturated rings. The number of thioether (sulfide) groups is 1. The molecule has 0 bridgehead atoms. The smallest absolute Gasteiger partial charge is 0.266 e. The second kappa shape index (κ2) is 9.59. The minimum Gasteiger partial charge on any atom is -0.495 e. The number of nitrogens with zero attached hydrogens (tertiary/aromatic N) is 3. The first-order chi connectivity index (χ1) is 16.0. The van der Waals surface area contributed by atoms with Gasteiger partial charge in [-0.2, -0.15) is 5.26 Å². The van der Waals surface area contributed by atoms with Crippen LogP contribution in [0.1, 0.15) is 11.1 Å². The zero-order valence-electron chi connectivity index (χ0n) is 18.0. The molecule has 0 saturated carbocycles. The van der Waals surface area contributed by atoms with Crippen molar-refractivity contribution in [1.29, 1.82) is 5.26 Å². The van der Waals surface area contributed by atoms with Crippen molar-refractivity contribution in [3.63, 3.8) is 0 Å². The van der Waals surface area contributed by atoms with Crippen molar-refractivity contribution in [2.24, 2.45) is 0 Å². The number of aryl methyl sites for hydroxylation is 1. The van der Waals surface area contributed by atoms with E-state index in [0.29, 0.717) is 38.7 Å². The molecule has 0 unspecified atom stereocenters. The molecule has 0 aliphatic heterocycles. The van der Waals surface area contributed by atoms with Gasteiger partial charge in [0.05, 0.1) is 46.8 Å². The molecule has 164 valence electrons. The lowest BCUT2D eigenvalue weighted by Gasteiger charge is -2.14. The highest BCUT2D eigenvalue weighted by atomic mass is 32.2. The molecule has 1 amide bonds. The fourth-order valence-electron chi connectivity index (χ4n) is 3.36. The van der Waals surface area contributed by atoms with Crippen LogP contribution >= 0.6 is 11.8 Å². The average molecular weight is 457 g/mol. The maximum Gasteiger partial charge on any atom is 0.266 e. The summed E-state index contributed by atoms with van der Waals surface area (Å²) in [6.45, 7) is 1.93. The van der Waals surface area contributed by atoms with E-state index in [9.17, 15) is 9.59 Å². The third kappa shape index (κ3) is 4.73. The van der Waals surface area contributed by atoms with E-state index < -0.39 is 0 Å². The molecular formula is C25H20N4O3S. The Morgan fingerprint density at radius 3 is 2.64 bits per heavy atom. The third-order valence-corrected chi connectivity index (χ3v) is 5.90. The third-order valence-electron chi connectivity index (χ3n) is 4.96. The van der Waals surface area contributed by atoms with Crippen LogP contribution in [0.3, 0.4) is 0 Å². The summed E-state index contributed by atoms with van der Waals surface area (Å²) in [5.74, 6) is 0.355. The van der Waals surface area contributed by atoms with Gasteiger partial charge in [0, 0.05) is 0 Å². The Morgan fingerprint density at radius 1 is 1.15 bits per heavy atom. The fourth-order valence-corrected chi connectivity index (χ4v) is 4.17. The lowest BCUT2D eigenvalue weighted by molar-refractivity contribution is -0.113. The number of hydrogen-bond acceptors (Lipinski definition) is 6. The van der Waals surface area contributed by atoms with Gasteiger partial charge in [0.2, 0.25) is 5.91 Å². The summed E-state index contributed by atoms with van der Waals surface area (Å²) in [5, 5.41) is 12.8. The fraction of sp³-hybridized carbons (Fsp3) is 0.120. The zero-order chi connectivity index (χ0) is 23.4. The number of carbonyl (C=O) groups excluding carboxylic acids is 1. The Bertz CT molecular complexity index is 1440. The van der Waals surface area contributed by atoms with Gasteiger partial charge in [0.25, 0.3) is 5.56 Å². The van der Waals surface area contributed by atoms with Crippen LogP contribution in [0.15, 0.2) is 76.7 Å². The van der Waals surface area contributed by atoms with Gasteiger partial charge in [-0.25, -0.2) is 4.98 Å². The molecule has 1 heterocycles. The Hall–Kier alpha value is -4.09. The number of hydrogen-bond donors (Lipinski definition) is 1. The molecule has 0 radical (unpaired) electrons. The molecule has 3 aromatic carbocycles. The van der Waals surface area contributed by atoms with E-state index in [2.05, 4.69) is 16.4 Å². The second-order valence-corrected chi connectivity index (χ2v) is 8.19. The first kappa shape index (κ1) is 22.1. The number of nitriles is 1. The van der Waals surface area contributed by atoms with Gasteiger partial charge in [0.1, 0.15) is 5.75 Å². The minimum absolute atomic E-state index is 0.0398. The van der Waals surface area contributed by atoms with Crippen LogP contribution in [0.2, 0.25) is 0 Å². The van der Waals surface area contributed by atoms with E-state index in [-0.39, 0.29) is 17.2 Å². The highest BCUT2D eigenvalue weighted by Crippen LogP contribution is 2.26. The normalized spacial score (nSPS) is 10.6. The van der Waals surface area contributed by atoms with Crippen LogP contribution in [-0.2, 0) is 4.79 Å². The molecule has 8 heteroatoms. The number of nitrogens with one attached hydrogen (secondary N) is 1. The van der Waals surface area contributed by atoms with Crippen molar-refractivity contribution in [3.8, 4) is 17.5 Å². The number of carbonyl (C=O) groups is 1. The van der Waals surface area contributed by atoms with Crippen molar-refractivity contribution >= 4 is 34.3 Å². The molecule has 0 aliphatic carbocycles. The predicted molar refractivity (Wildman–Crippen MR) is 129 cm³/mol. The molecule has 1 N–H and O–H groups in total. The molecule has 0 saturated heterocycles. The van der Waals surface area contributed by atoms with Crippen molar-refractivity contribution < 1.29 is 9.53 Å². The van der Waals surface area contributed by atoms with Crippen molar-refractivity contribution in [2.75, 3.05) is 18.2 Å². The number of methoxy groups -OCH3 is 1. The summed E-state index contributed by atoms with van der Waals surface area (Å²) in [7, 11) is 1.55. The number of para-hydroxylation sites is 1. The standard InChI is InChI=1S/C25H20N4O3S/c1-16-7-12-22(32-2)21(13-16)27-23(30)15-33-25-28-20-6-4-3-5-19(20)24(31)29(25)18-10-8-17(14-26)9-11-18/h3-13H,15H2,1-2H3,(H,27,30). The Labute approximate surface area is 194 Å². The first-order valence-corrected chi connectivity index (χ1v) is 11.1. The van der Waals surface area contributed by atoms with Gasteiger partial charge in [-0.15, -0.1) is 0 Å². The SMILES string of the molecule is COc1ccc(C)cc1NC(=O)CSc1nc2ccccc2c(=O)n1-c1ccc(C#N)cc1. The van der Waals surface area contributed by atoms with Gasteiger partial charge >= 0.3 is 0 Å². The lowest BCUT2D eigenvalue weighted by atomic mass is 10.2. The number of anilines is 1. The average Bonchev–Trinajstić information content (AvgIpc) is 2.83. The van der Waals surface area contributed by atoms with Gasteiger partial charge in [-0.3, -0.25) is 14.2 Å². The summed E-state index contributed by atoms with van der Waals surface area (Å²) in [5.41, 5.74) is 2.94. The van der Waals surface area contributed by atoms with E-state index in [0.717, 1.165) is 17.3 Å². The predicted octanol–water partition coefficient (Wildman–Crippen LogP) is 4.31. The molecule has 4 rings (SSSR count). The Kier molecular flexibility index (Phi) is 6.43. The zero-order valence-corrected chi connectivity index (χ0v) is 18.8. The number of benzene rings is 3. The molecule has 0 spiro atoms. The maximum atomic E-state index is 13.3. The number of amides is 1. The minimum atomic E-state index is -0.252. The highest BCUT2D eigenvalue weighted by Gasteiger charge is 2.16. The van der Waals surface area contributed by atoms with E-state index in [1.165, 1.54) is 4.57 Å². The second-order valence-electron chi connectivity index (χ2n) is 7.25. The van der Waals surface area contributed by atoms with E-state index in [1.807, 2.05) is 25.1 Å². The molecule has 0 aliphatic rings. The molecule has 1 aromatic heterocycles. The maximum absolute atomic E-state index is 13.3. The van der Waals surface area contributed by atoms with Crippen molar-refractivity contribution in [2.45, 2.75) is 12.1 Å². The van der Waals surface area contributed by atoms with E-state index in [4.69, 9.17) is 10.00 Å². The Morgan fingerprint density at radius 2 is 1.91 bits per heavy atom. The largest absolute Gasteiger partial charge is 0.495 e. The summed E-state index contributed by atoms with van der Waals surface area (Å²) in [6, 6.07) is 21.3. The van der Waals surface area contributed by atoms with Crippen LogP contribution in [0, 0.1) is 18.3 Å². The van der Waals surface area contributed by atoms with Gasteiger partial charge in [-0.05, 0) is 61.0 Å². The number of ether oxygens (including phenoxy) is 1. The molecule has 33 heavy (non-hydrogen) atoms. The molecule has 0 atom stereocenters. The van der Waals surface area contributed by atoms with Crippen LogP contribution < -0.4 is 15.6 Å². The van der Waals surface area contributed by atoms with Crippen LogP contribution in [0.5, 0.6) is 5.75 Å². The molecule has 4 aromatic rings. The van der Waals surface area contributed by atoms with Crippen LogP contribution in [0.4, 0.5) is 5.69 Å². The van der Waals surface area contributed by atoms with Crippen LogP contribution in [0.25, 0.3) is 16.6 Å². The number of fused-ring (bicyclic) bond motifs is 1. The molecular weight excluding hydrogens is 436 g/mol. The van der Waals surface area contributed by atoms with E-state index in [1.54, 1.807) is 55.6 Å². The first-order valence-electron chi connectivity index (χ1n) is 10.1. The van der Waals surface area contributed by atoms with Crippen molar-refractivity contribution in [3.05, 3.63) is 88.2 Å². The van der Waals surface area contributed by atoms with Gasteiger partial charge in [0.15, 0.2) is 5.16 Å². The summed E-state index contributed by atoms with van der Waals surface area (Å²) in [4.78, 5) is 30.6. The van der Waals surface area contributed by atoms with Gasteiger partial charge in [-0.1, -0.05) is 30.0 Å². The molecule has 7 nitrogen and oxygen atoms in total. The quantitative estimate of drug-likeness (QED) is 0.343. The highest BCUT2D eigenvalue weighted by molar-refractivity contribution is 7.99.